The molecule has 3 heterocycles. The van der Waals surface area contributed by atoms with Gasteiger partial charge in [0.1, 0.15) is 0 Å². The van der Waals surface area contributed by atoms with E-state index >= 15 is 0 Å². The van der Waals surface area contributed by atoms with E-state index in [4.69, 9.17) is 27.7 Å². The van der Waals surface area contributed by atoms with Gasteiger partial charge >= 0.3 is 0 Å². The van der Waals surface area contributed by atoms with E-state index < -0.39 is 0 Å². The molecule has 0 aliphatic carbocycles. The molecule has 3 aromatic heterocycles. The van der Waals surface area contributed by atoms with Gasteiger partial charge in [-0.1, -0.05) is 69.9 Å². The van der Waals surface area contributed by atoms with Gasteiger partial charge in [-0.3, -0.25) is 4.40 Å². The first-order valence-corrected chi connectivity index (χ1v) is 9.06. The van der Waals surface area contributed by atoms with Crippen molar-refractivity contribution >= 4 is 40.6 Å². The lowest BCUT2D eigenvalue weighted by molar-refractivity contribution is 0.391. The number of hydrogen-bond donors (Lipinski definition) is 0. The van der Waals surface area contributed by atoms with E-state index in [0.717, 1.165) is 5.56 Å². The normalized spacial score (nSPS) is 11.3. The number of pyridine rings is 1. The number of fused-ring (bicyclic) bond motifs is 1. The summed E-state index contributed by atoms with van der Waals surface area (Å²) in [5.41, 5.74) is 2.65. The van der Waals surface area contributed by atoms with Gasteiger partial charge in [-0.15, -0.1) is 10.2 Å². The van der Waals surface area contributed by atoms with E-state index in [1.54, 1.807) is 16.7 Å². The molecule has 0 saturated heterocycles. The smallest absolute Gasteiger partial charge is 0.237 e. The molecular weight excluding hydrogens is 381 g/mol. The number of aromatic nitrogens is 5. The van der Waals surface area contributed by atoms with Crippen molar-refractivity contribution in [1.82, 2.24) is 24.7 Å². The quantitative estimate of drug-likeness (QED) is 0.470. The number of halogens is 2. The molecule has 4 rings (SSSR count). The minimum atomic E-state index is 0.450. The van der Waals surface area contributed by atoms with Crippen LogP contribution in [-0.4, -0.2) is 24.7 Å². The van der Waals surface area contributed by atoms with Gasteiger partial charge in [-0.25, -0.2) is 0 Å². The van der Waals surface area contributed by atoms with E-state index in [1.807, 2.05) is 31.2 Å². The lowest BCUT2D eigenvalue weighted by Gasteiger charge is -1.99. The fraction of sp³-hybridized carbons (Fsp3) is 0.125. The fourth-order valence-electron chi connectivity index (χ4n) is 2.26. The first-order chi connectivity index (χ1) is 12.1. The molecule has 0 radical (unpaired) electrons. The molecule has 4 aromatic rings. The molecule has 126 valence electrons. The second kappa shape index (κ2) is 6.67. The number of benzene rings is 1. The molecule has 0 unspecified atom stereocenters. The predicted molar refractivity (Wildman–Crippen MR) is 97.0 cm³/mol. The van der Waals surface area contributed by atoms with Crippen LogP contribution in [0.3, 0.4) is 0 Å². The standard InChI is InChI=1S/C16H11Cl2N5OS/c1-9-2-4-10(5-3-9)14-19-13(24-22-14)8-25-16-21-20-15-12(18)6-11(17)7-23(15)16/h2-7H,8H2,1H3. The molecule has 9 heteroatoms. The SMILES string of the molecule is Cc1ccc(-c2noc(CSc3nnc4c(Cl)cc(Cl)cn34)n2)cc1. The molecular formula is C16H11Cl2N5OS. The summed E-state index contributed by atoms with van der Waals surface area (Å²) in [6.07, 6.45) is 1.72. The molecule has 0 aliphatic rings. The second-order valence-corrected chi connectivity index (χ2v) is 7.14. The average Bonchev–Trinajstić information content (AvgIpc) is 3.21. The van der Waals surface area contributed by atoms with Crippen LogP contribution >= 0.6 is 35.0 Å². The second-order valence-electron chi connectivity index (χ2n) is 5.35. The Morgan fingerprint density at radius 2 is 1.96 bits per heavy atom. The lowest BCUT2D eigenvalue weighted by Crippen LogP contribution is -1.89. The van der Waals surface area contributed by atoms with E-state index in [-0.39, 0.29) is 0 Å². The summed E-state index contributed by atoms with van der Waals surface area (Å²) in [5.74, 6) is 1.53. The van der Waals surface area contributed by atoms with Crippen molar-refractivity contribution in [3.63, 3.8) is 0 Å². The molecule has 0 N–H and O–H groups in total. The zero-order valence-corrected chi connectivity index (χ0v) is 15.3. The molecule has 1 aromatic carbocycles. The molecule has 6 nitrogen and oxygen atoms in total. The zero-order chi connectivity index (χ0) is 17.4. The first-order valence-electron chi connectivity index (χ1n) is 7.32. The Kier molecular flexibility index (Phi) is 4.37. The van der Waals surface area contributed by atoms with Crippen molar-refractivity contribution in [2.45, 2.75) is 17.8 Å². The van der Waals surface area contributed by atoms with Crippen LogP contribution in [0.2, 0.25) is 10.0 Å². The van der Waals surface area contributed by atoms with Gasteiger partial charge in [0, 0.05) is 11.8 Å². The van der Waals surface area contributed by atoms with Gasteiger partial charge < -0.3 is 4.52 Å². The van der Waals surface area contributed by atoms with Gasteiger partial charge in [-0.2, -0.15) is 4.98 Å². The monoisotopic (exact) mass is 391 g/mol. The Labute approximate surface area is 157 Å². The summed E-state index contributed by atoms with van der Waals surface area (Å²) in [6.45, 7) is 2.03. The highest BCUT2D eigenvalue weighted by Crippen LogP contribution is 2.27. The van der Waals surface area contributed by atoms with Crippen LogP contribution in [0, 0.1) is 6.92 Å². The maximum Gasteiger partial charge on any atom is 0.237 e. The lowest BCUT2D eigenvalue weighted by atomic mass is 10.1. The molecule has 0 saturated carbocycles. The van der Waals surface area contributed by atoms with Crippen molar-refractivity contribution in [3.05, 3.63) is 58.0 Å². The highest BCUT2D eigenvalue weighted by Gasteiger charge is 2.13. The molecule has 0 spiro atoms. The largest absolute Gasteiger partial charge is 0.338 e. The molecule has 25 heavy (non-hydrogen) atoms. The third kappa shape index (κ3) is 3.35. The van der Waals surface area contributed by atoms with Gasteiger partial charge in [0.25, 0.3) is 0 Å². The number of nitrogens with zero attached hydrogens (tertiary/aromatic N) is 5. The Balaban J connectivity index is 1.53. The topological polar surface area (TPSA) is 69.1 Å². The summed E-state index contributed by atoms with van der Waals surface area (Å²) in [4.78, 5) is 4.42. The third-order valence-corrected chi connectivity index (χ3v) is 4.91. The van der Waals surface area contributed by atoms with Crippen LogP contribution in [0.25, 0.3) is 17.0 Å². The fourth-order valence-corrected chi connectivity index (χ4v) is 3.52. The van der Waals surface area contributed by atoms with Gasteiger partial charge in [0.2, 0.25) is 11.7 Å². The molecule has 0 atom stereocenters. The van der Waals surface area contributed by atoms with E-state index in [9.17, 15) is 0 Å². The Bertz CT molecular complexity index is 1040. The third-order valence-electron chi connectivity index (χ3n) is 3.50. The van der Waals surface area contributed by atoms with Gasteiger partial charge in [0.05, 0.1) is 15.8 Å². The van der Waals surface area contributed by atoms with E-state index in [1.165, 1.54) is 17.3 Å². The number of aryl methyl sites for hydroxylation is 1. The number of thioether (sulfide) groups is 1. The number of hydrogen-bond acceptors (Lipinski definition) is 6. The summed E-state index contributed by atoms with van der Waals surface area (Å²) in [5, 5.41) is 13.8. The maximum absolute atomic E-state index is 6.12. The van der Waals surface area contributed by atoms with Crippen molar-refractivity contribution in [3.8, 4) is 11.4 Å². The summed E-state index contributed by atoms with van der Waals surface area (Å²) in [6, 6.07) is 9.58. The Morgan fingerprint density at radius 3 is 2.76 bits per heavy atom. The van der Waals surface area contributed by atoms with Crippen LogP contribution in [0.15, 0.2) is 46.2 Å². The molecule has 0 bridgehead atoms. The Morgan fingerprint density at radius 1 is 1.16 bits per heavy atom. The van der Waals surface area contributed by atoms with Crippen molar-refractivity contribution in [2.24, 2.45) is 0 Å². The Hall–Kier alpha value is -2.09. The first kappa shape index (κ1) is 16.4. The minimum Gasteiger partial charge on any atom is -0.338 e. The predicted octanol–water partition coefficient (Wildman–Crippen LogP) is 4.69. The molecule has 0 fully saturated rings. The van der Waals surface area contributed by atoms with Gasteiger partial charge in [-0.05, 0) is 13.0 Å². The van der Waals surface area contributed by atoms with E-state index in [0.29, 0.717) is 38.3 Å². The average molecular weight is 392 g/mol. The van der Waals surface area contributed by atoms with E-state index in [2.05, 4.69) is 20.3 Å². The molecule has 0 amide bonds. The van der Waals surface area contributed by atoms with Crippen LogP contribution < -0.4 is 0 Å². The summed E-state index contributed by atoms with van der Waals surface area (Å²) in [7, 11) is 0. The minimum absolute atomic E-state index is 0.450. The van der Waals surface area contributed by atoms with Crippen molar-refractivity contribution in [2.75, 3.05) is 0 Å². The highest BCUT2D eigenvalue weighted by atomic mass is 35.5. The zero-order valence-electron chi connectivity index (χ0n) is 13.0. The van der Waals surface area contributed by atoms with Crippen LogP contribution in [-0.2, 0) is 5.75 Å². The number of rotatable bonds is 4. The van der Waals surface area contributed by atoms with Crippen molar-refractivity contribution in [1.29, 1.82) is 0 Å². The van der Waals surface area contributed by atoms with Crippen LogP contribution in [0.5, 0.6) is 0 Å². The maximum atomic E-state index is 6.12. The summed E-state index contributed by atoms with van der Waals surface area (Å²) < 4.78 is 7.06. The highest BCUT2D eigenvalue weighted by molar-refractivity contribution is 7.98. The van der Waals surface area contributed by atoms with Gasteiger partial charge in [0.15, 0.2) is 10.8 Å². The van der Waals surface area contributed by atoms with Crippen LogP contribution in [0.4, 0.5) is 0 Å². The summed E-state index contributed by atoms with van der Waals surface area (Å²) >= 11 is 13.6. The molecule has 0 aliphatic heterocycles. The van der Waals surface area contributed by atoms with Crippen LogP contribution in [0.1, 0.15) is 11.5 Å². The van der Waals surface area contributed by atoms with Crippen molar-refractivity contribution < 1.29 is 4.52 Å².